The first-order valence-corrected chi connectivity index (χ1v) is 8.09. The lowest BCUT2D eigenvalue weighted by Gasteiger charge is -2.17. The fourth-order valence-electron chi connectivity index (χ4n) is 3.15. The summed E-state index contributed by atoms with van der Waals surface area (Å²) in [7, 11) is 1.81. The topological polar surface area (TPSA) is 56.2 Å². The second-order valence-corrected chi connectivity index (χ2v) is 6.08. The molecule has 0 atom stereocenters. The number of nitrogens with one attached hydrogen (secondary N) is 1. The van der Waals surface area contributed by atoms with Crippen LogP contribution in [0, 0.1) is 0 Å². The number of hydrogen-bond acceptors (Lipinski definition) is 4. The van der Waals surface area contributed by atoms with Gasteiger partial charge in [0.05, 0.1) is 30.6 Å². The number of aryl methyl sites for hydroxylation is 1. The quantitative estimate of drug-likeness (QED) is 0.806. The molecule has 1 aliphatic heterocycles. The first-order chi connectivity index (χ1) is 11.7. The number of fused-ring (bicyclic) bond motifs is 2. The Kier molecular flexibility index (Phi) is 3.78. The van der Waals surface area contributed by atoms with Crippen LogP contribution >= 0.6 is 0 Å². The van der Waals surface area contributed by atoms with Gasteiger partial charge in [-0.1, -0.05) is 18.2 Å². The number of anilines is 1. The Morgan fingerprint density at radius 3 is 3.08 bits per heavy atom. The van der Waals surface area contributed by atoms with Gasteiger partial charge in [0.2, 0.25) is 0 Å². The number of aromatic nitrogens is 2. The summed E-state index contributed by atoms with van der Waals surface area (Å²) in [4.78, 5) is 17.0. The fourth-order valence-corrected chi connectivity index (χ4v) is 3.15. The van der Waals surface area contributed by atoms with E-state index in [0.717, 1.165) is 46.4 Å². The van der Waals surface area contributed by atoms with E-state index in [9.17, 15) is 4.79 Å². The van der Waals surface area contributed by atoms with E-state index in [1.54, 1.807) is 4.57 Å². The van der Waals surface area contributed by atoms with Gasteiger partial charge in [-0.25, -0.2) is 0 Å². The van der Waals surface area contributed by atoms with Gasteiger partial charge in [0.25, 0.3) is 5.56 Å². The molecule has 3 heterocycles. The Morgan fingerprint density at radius 2 is 2.17 bits per heavy atom. The standard InChI is InChI=1S/C19H19N3O2/c1-22-18-5-3-2-4-13(18)8-14(19(22)23)10-20-16-9-15-12-24-7-6-17(15)21-11-16/h2-5,8-9,11,20H,6-7,10,12H2,1H3. The molecule has 0 unspecified atom stereocenters. The Labute approximate surface area is 139 Å². The van der Waals surface area contributed by atoms with Crippen molar-refractivity contribution in [3.8, 4) is 0 Å². The van der Waals surface area contributed by atoms with Gasteiger partial charge >= 0.3 is 0 Å². The molecule has 0 radical (unpaired) electrons. The third-order valence-electron chi connectivity index (χ3n) is 4.49. The minimum atomic E-state index is 0.0236. The van der Waals surface area contributed by atoms with Gasteiger partial charge in [-0.05, 0) is 23.6 Å². The Bertz CT molecular complexity index is 962. The maximum atomic E-state index is 12.5. The number of para-hydroxylation sites is 1. The predicted octanol–water partition coefficient (Wildman–Crippen LogP) is 2.62. The predicted molar refractivity (Wildman–Crippen MR) is 94.1 cm³/mol. The number of rotatable bonds is 3. The van der Waals surface area contributed by atoms with Crippen molar-refractivity contribution < 1.29 is 4.74 Å². The summed E-state index contributed by atoms with van der Waals surface area (Å²) in [6.07, 6.45) is 2.69. The SMILES string of the molecule is Cn1c(=O)c(CNc2cnc3c(c2)COCC3)cc2ccccc21. The molecule has 2 aromatic heterocycles. The molecular formula is C19H19N3O2. The van der Waals surface area contributed by atoms with Crippen molar-refractivity contribution in [1.82, 2.24) is 9.55 Å². The van der Waals surface area contributed by atoms with Gasteiger partial charge in [0.15, 0.2) is 0 Å². The Hall–Kier alpha value is -2.66. The average Bonchev–Trinajstić information content (AvgIpc) is 2.63. The molecule has 24 heavy (non-hydrogen) atoms. The van der Waals surface area contributed by atoms with Crippen LogP contribution in [0.15, 0.2) is 47.4 Å². The molecule has 0 saturated carbocycles. The van der Waals surface area contributed by atoms with Gasteiger partial charge in [-0.3, -0.25) is 9.78 Å². The normalized spacial score (nSPS) is 13.7. The maximum Gasteiger partial charge on any atom is 0.255 e. The second kappa shape index (κ2) is 6.09. The lowest BCUT2D eigenvalue weighted by Crippen LogP contribution is -2.23. The minimum Gasteiger partial charge on any atom is -0.380 e. The van der Waals surface area contributed by atoms with E-state index in [1.165, 1.54) is 0 Å². The van der Waals surface area contributed by atoms with Crippen molar-refractivity contribution in [2.45, 2.75) is 19.6 Å². The van der Waals surface area contributed by atoms with Crippen molar-refractivity contribution in [2.24, 2.45) is 7.05 Å². The van der Waals surface area contributed by atoms with Crippen molar-refractivity contribution in [2.75, 3.05) is 11.9 Å². The first kappa shape index (κ1) is 14.9. The van der Waals surface area contributed by atoms with E-state index < -0.39 is 0 Å². The third-order valence-corrected chi connectivity index (χ3v) is 4.49. The average molecular weight is 321 g/mol. The number of hydrogen-bond donors (Lipinski definition) is 1. The molecule has 5 heteroatoms. The lowest BCUT2D eigenvalue weighted by atomic mass is 10.1. The van der Waals surface area contributed by atoms with Crippen LogP contribution in [0.4, 0.5) is 5.69 Å². The monoisotopic (exact) mass is 321 g/mol. The number of benzene rings is 1. The molecule has 0 fully saturated rings. The van der Waals surface area contributed by atoms with Gasteiger partial charge in [-0.15, -0.1) is 0 Å². The Morgan fingerprint density at radius 1 is 1.29 bits per heavy atom. The molecule has 3 aromatic rings. The van der Waals surface area contributed by atoms with E-state index in [1.807, 2.05) is 43.6 Å². The van der Waals surface area contributed by atoms with Crippen LogP contribution in [0.3, 0.4) is 0 Å². The van der Waals surface area contributed by atoms with E-state index in [0.29, 0.717) is 13.2 Å². The molecule has 0 saturated heterocycles. The first-order valence-electron chi connectivity index (χ1n) is 8.09. The van der Waals surface area contributed by atoms with Crippen molar-refractivity contribution in [3.05, 3.63) is 69.8 Å². The molecule has 122 valence electrons. The molecule has 5 nitrogen and oxygen atoms in total. The molecule has 0 spiro atoms. The molecule has 0 amide bonds. The summed E-state index contributed by atoms with van der Waals surface area (Å²) in [5, 5.41) is 4.38. The molecule has 4 rings (SSSR count). The molecule has 0 aliphatic carbocycles. The zero-order valence-electron chi connectivity index (χ0n) is 13.6. The summed E-state index contributed by atoms with van der Waals surface area (Å²) in [6, 6.07) is 11.9. The van der Waals surface area contributed by atoms with Gasteiger partial charge < -0.3 is 14.6 Å². The summed E-state index contributed by atoms with van der Waals surface area (Å²) in [6.45, 7) is 1.81. The number of pyridine rings is 2. The fraction of sp³-hybridized carbons (Fsp3) is 0.263. The third kappa shape index (κ3) is 2.67. The van der Waals surface area contributed by atoms with Crippen LogP contribution in [0.5, 0.6) is 0 Å². The molecule has 1 aromatic carbocycles. The summed E-state index contributed by atoms with van der Waals surface area (Å²) in [5.41, 5.74) is 4.85. The molecule has 0 bridgehead atoms. The highest BCUT2D eigenvalue weighted by Crippen LogP contribution is 2.19. The highest BCUT2D eigenvalue weighted by molar-refractivity contribution is 5.79. The van der Waals surface area contributed by atoms with Gasteiger partial charge in [0.1, 0.15) is 0 Å². The summed E-state index contributed by atoms with van der Waals surface area (Å²) >= 11 is 0. The van der Waals surface area contributed by atoms with E-state index in [4.69, 9.17) is 4.74 Å². The van der Waals surface area contributed by atoms with Crippen molar-refractivity contribution >= 4 is 16.6 Å². The van der Waals surface area contributed by atoms with Crippen LogP contribution in [-0.2, 0) is 31.4 Å². The molecule has 1 aliphatic rings. The van der Waals surface area contributed by atoms with Crippen molar-refractivity contribution in [3.63, 3.8) is 0 Å². The van der Waals surface area contributed by atoms with E-state index in [-0.39, 0.29) is 5.56 Å². The van der Waals surface area contributed by atoms with Crippen LogP contribution in [0.25, 0.3) is 10.9 Å². The van der Waals surface area contributed by atoms with E-state index >= 15 is 0 Å². The molecule has 1 N–H and O–H groups in total. The summed E-state index contributed by atoms with van der Waals surface area (Å²) in [5.74, 6) is 0. The zero-order chi connectivity index (χ0) is 16.5. The van der Waals surface area contributed by atoms with Gasteiger partial charge in [0, 0.05) is 36.8 Å². The highest BCUT2D eigenvalue weighted by atomic mass is 16.5. The lowest BCUT2D eigenvalue weighted by molar-refractivity contribution is 0.109. The highest BCUT2D eigenvalue weighted by Gasteiger charge is 2.12. The number of nitrogens with zero attached hydrogens (tertiary/aromatic N) is 2. The van der Waals surface area contributed by atoms with E-state index in [2.05, 4.69) is 16.4 Å². The van der Waals surface area contributed by atoms with Crippen LogP contribution in [0.2, 0.25) is 0 Å². The van der Waals surface area contributed by atoms with Crippen LogP contribution < -0.4 is 10.9 Å². The zero-order valence-corrected chi connectivity index (χ0v) is 13.6. The minimum absolute atomic E-state index is 0.0236. The largest absolute Gasteiger partial charge is 0.380 e. The number of ether oxygens (including phenoxy) is 1. The van der Waals surface area contributed by atoms with Crippen LogP contribution in [0.1, 0.15) is 16.8 Å². The summed E-state index contributed by atoms with van der Waals surface area (Å²) < 4.78 is 7.18. The smallest absolute Gasteiger partial charge is 0.255 e. The van der Waals surface area contributed by atoms with Crippen LogP contribution in [-0.4, -0.2) is 16.2 Å². The second-order valence-electron chi connectivity index (χ2n) is 6.08. The maximum absolute atomic E-state index is 12.5. The van der Waals surface area contributed by atoms with Gasteiger partial charge in [-0.2, -0.15) is 0 Å². The van der Waals surface area contributed by atoms with Crippen molar-refractivity contribution in [1.29, 1.82) is 0 Å². The Balaban J connectivity index is 1.61. The molecular weight excluding hydrogens is 302 g/mol.